The third-order valence-electron chi connectivity index (χ3n) is 2.75. The molecule has 2 rings (SSSR count). The number of carbonyl (C=O) groups is 1. The molecule has 1 heterocycles. The van der Waals surface area contributed by atoms with Gasteiger partial charge in [-0.25, -0.2) is 0 Å². The third-order valence-corrected chi connectivity index (χ3v) is 3.28. The molecule has 1 aliphatic rings. The third kappa shape index (κ3) is 2.90. The van der Waals surface area contributed by atoms with Gasteiger partial charge in [0.25, 0.3) is 0 Å². The summed E-state index contributed by atoms with van der Waals surface area (Å²) in [6, 6.07) is 5.30. The topological polar surface area (TPSA) is 29.5 Å². The normalized spacial score (nSPS) is 19.4. The molecule has 1 atom stereocenters. The van der Waals surface area contributed by atoms with E-state index in [4.69, 9.17) is 27.9 Å². The number of rotatable bonds is 4. The summed E-state index contributed by atoms with van der Waals surface area (Å²) in [5, 5.41) is 0.440. The predicted molar refractivity (Wildman–Crippen MR) is 73.8 cm³/mol. The summed E-state index contributed by atoms with van der Waals surface area (Å²) in [4.78, 5) is 13.5. The molecule has 0 saturated carbocycles. The minimum Gasteiger partial charge on any atom is -0.491 e. The minimum absolute atomic E-state index is 0.0126. The smallest absolute Gasteiger partial charge is 0.228 e. The van der Waals surface area contributed by atoms with E-state index in [9.17, 15) is 4.79 Å². The van der Waals surface area contributed by atoms with Crippen molar-refractivity contribution in [3.05, 3.63) is 23.2 Å². The van der Waals surface area contributed by atoms with Gasteiger partial charge >= 0.3 is 0 Å². The number of carbonyl (C=O) groups excluding carboxylic acids is 1. The Morgan fingerprint density at radius 2 is 2.28 bits per heavy atom. The molecule has 0 aliphatic carbocycles. The van der Waals surface area contributed by atoms with Gasteiger partial charge < -0.3 is 9.64 Å². The number of amides is 1. The van der Waals surface area contributed by atoms with Crippen LogP contribution in [0.5, 0.6) is 5.75 Å². The summed E-state index contributed by atoms with van der Waals surface area (Å²) in [6.45, 7) is 3.15. The first-order valence-corrected chi connectivity index (χ1v) is 6.80. The van der Waals surface area contributed by atoms with Crippen LogP contribution in [0.4, 0.5) is 5.69 Å². The van der Waals surface area contributed by atoms with Crippen molar-refractivity contribution in [1.29, 1.82) is 0 Å². The molecule has 1 unspecified atom stereocenters. The first-order chi connectivity index (χ1) is 8.61. The molecule has 1 aliphatic heterocycles. The molecule has 1 aromatic carbocycles. The van der Waals surface area contributed by atoms with E-state index in [1.165, 1.54) is 0 Å². The van der Waals surface area contributed by atoms with E-state index in [-0.39, 0.29) is 11.3 Å². The zero-order valence-corrected chi connectivity index (χ0v) is 11.7. The molecular formula is C13H15Cl2NO2. The molecular weight excluding hydrogens is 273 g/mol. The standard InChI is InChI=1S/C13H15Cl2NO2/c1-2-5-18-12-4-3-9(14)6-11(12)16-8-10(15)7-13(16)17/h3-4,6,10H,2,5,7-8H2,1H3. The van der Waals surface area contributed by atoms with E-state index >= 15 is 0 Å². The SMILES string of the molecule is CCCOc1ccc(Cl)cc1N1CC(Cl)CC1=O. The maximum atomic E-state index is 11.9. The van der Waals surface area contributed by atoms with Gasteiger partial charge in [0.2, 0.25) is 5.91 Å². The highest BCUT2D eigenvalue weighted by atomic mass is 35.5. The molecule has 98 valence electrons. The largest absolute Gasteiger partial charge is 0.491 e. The van der Waals surface area contributed by atoms with Crippen molar-refractivity contribution < 1.29 is 9.53 Å². The fraction of sp³-hybridized carbons (Fsp3) is 0.462. The summed E-state index contributed by atoms with van der Waals surface area (Å²) in [5.74, 6) is 0.694. The Morgan fingerprint density at radius 3 is 2.89 bits per heavy atom. The average molecular weight is 288 g/mol. The van der Waals surface area contributed by atoms with Gasteiger partial charge in [-0.1, -0.05) is 18.5 Å². The van der Waals surface area contributed by atoms with Gasteiger partial charge in [-0.2, -0.15) is 0 Å². The Labute approximate surface area is 117 Å². The van der Waals surface area contributed by atoms with Crippen molar-refractivity contribution in [2.24, 2.45) is 0 Å². The van der Waals surface area contributed by atoms with Gasteiger partial charge in [-0.15, -0.1) is 11.6 Å². The number of hydrogen-bond donors (Lipinski definition) is 0. The summed E-state index contributed by atoms with van der Waals surface area (Å²) < 4.78 is 5.64. The highest BCUT2D eigenvalue weighted by Crippen LogP contribution is 2.35. The molecule has 0 bridgehead atoms. The maximum absolute atomic E-state index is 11.9. The van der Waals surface area contributed by atoms with Crippen molar-refractivity contribution in [3.63, 3.8) is 0 Å². The van der Waals surface area contributed by atoms with E-state index in [2.05, 4.69) is 0 Å². The Bertz CT molecular complexity index is 451. The molecule has 1 amide bonds. The quantitative estimate of drug-likeness (QED) is 0.794. The van der Waals surface area contributed by atoms with Crippen molar-refractivity contribution in [1.82, 2.24) is 0 Å². The van der Waals surface area contributed by atoms with Gasteiger partial charge in [0, 0.05) is 18.0 Å². The van der Waals surface area contributed by atoms with Crippen LogP contribution in [0.3, 0.4) is 0 Å². The van der Waals surface area contributed by atoms with Crippen molar-refractivity contribution in [3.8, 4) is 5.75 Å². The van der Waals surface area contributed by atoms with Gasteiger partial charge in [-0.3, -0.25) is 4.79 Å². The van der Waals surface area contributed by atoms with Crippen LogP contribution in [0.1, 0.15) is 19.8 Å². The van der Waals surface area contributed by atoms with Crippen LogP contribution in [0.25, 0.3) is 0 Å². The Kier molecular flexibility index (Phi) is 4.36. The van der Waals surface area contributed by atoms with Crippen molar-refractivity contribution in [2.45, 2.75) is 25.1 Å². The lowest BCUT2D eigenvalue weighted by molar-refractivity contribution is -0.117. The van der Waals surface area contributed by atoms with Crippen molar-refractivity contribution in [2.75, 3.05) is 18.1 Å². The number of nitrogens with zero attached hydrogens (tertiary/aromatic N) is 1. The molecule has 0 spiro atoms. The van der Waals surface area contributed by atoms with Crippen molar-refractivity contribution >= 4 is 34.8 Å². The van der Waals surface area contributed by atoms with Gasteiger partial charge in [-0.05, 0) is 24.6 Å². The summed E-state index contributed by atoms with van der Waals surface area (Å²) >= 11 is 12.0. The first kappa shape index (κ1) is 13.5. The van der Waals surface area contributed by atoms with Crippen LogP contribution in [0, 0.1) is 0 Å². The highest BCUT2D eigenvalue weighted by Gasteiger charge is 2.31. The van der Waals surface area contributed by atoms with Crippen LogP contribution in [0.2, 0.25) is 5.02 Å². The summed E-state index contributed by atoms with van der Waals surface area (Å²) in [5.41, 5.74) is 0.712. The zero-order chi connectivity index (χ0) is 13.1. The van der Waals surface area contributed by atoms with Gasteiger partial charge in [0.1, 0.15) is 5.75 Å². The Balaban J connectivity index is 2.29. The number of halogens is 2. The highest BCUT2D eigenvalue weighted by molar-refractivity contribution is 6.31. The molecule has 1 aromatic rings. The van der Waals surface area contributed by atoms with E-state index in [1.54, 1.807) is 23.1 Å². The molecule has 1 fully saturated rings. The second-order valence-corrected chi connectivity index (χ2v) is 5.32. The number of ether oxygens (including phenoxy) is 1. The molecule has 3 nitrogen and oxygen atoms in total. The van der Waals surface area contributed by atoms with Crippen LogP contribution in [-0.4, -0.2) is 24.4 Å². The number of benzene rings is 1. The Hall–Kier alpha value is -0.930. The lowest BCUT2D eigenvalue weighted by Crippen LogP contribution is -2.25. The van der Waals surface area contributed by atoms with Gasteiger partial charge in [0.05, 0.1) is 17.7 Å². The fourth-order valence-electron chi connectivity index (χ4n) is 1.93. The maximum Gasteiger partial charge on any atom is 0.228 e. The molecule has 0 N–H and O–H groups in total. The number of alkyl halides is 1. The predicted octanol–water partition coefficient (Wildman–Crippen LogP) is 3.47. The average Bonchev–Trinajstić information content (AvgIpc) is 2.67. The monoisotopic (exact) mass is 287 g/mol. The molecule has 1 saturated heterocycles. The van der Waals surface area contributed by atoms with Crippen LogP contribution < -0.4 is 9.64 Å². The molecule has 18 heavy (non-hydrogen) atoms. The van der Waals surface area contributed by atoms with Crippen LogP contribution >= 0.6 is 23.2 Å². The number of anilines is 1. The molecule has 0 aromatic heterocycles. The molecule has 0 radical (unpaired) electrons. The number of hydrogen-bond acceptors (Lipinski definition) is 2. The van der Waals surface area contributed by atoms with E-state index in [0.717, 1.165) is 6.42 Å². The minimum atomic E-state index is -0.143. The lowest BCUT2D eigenvalue weighted by atomic mass is 10.2. The summed E-state index contributed by atoms with van der Waals surface area (Å²) in [6.07, 6.45) is 1.27. The Morgan fingerprint density at radius 1 is 1.50 bits per heavy atom. The molecule has 5 heteroatoms. The van der Waals surface area contributed by atoms with E-state index in [1.807, 2.05) is 6.92 Å². The van der Waals surface area contributed by atoms with E-state index in [0.29, 0.717) is 36.0 Å². The lowest BCUT2D eigenvalue weighted by Gasteiger charge is -2.20. The van der Waals surface area contributed by atoms with Crippen LogP contribution in [-0.2, 0) is 4.79 Å². The summed E-state index contributed by atoms with van der Waals surface area (Å²) in [7, 11) is 0. The van der Waals surface area contributed by atoms with E-state index < -0.39 is 0 Å². The fourth-order valence-corrected chi connectivity index (χ4v) is 2.37. The van der Waals surface area contributed by atoms with Crippen LogP contribution in [0.15, 0.2) is 18.2 Å². The second-order valence-electron chi connectivity index (χ2n) is 4.27. The second kappa shape index (κ2) is 5.81. The zero-order valence-electron chi connectivity index (χ0n) is 10.2. The first-order valence-electron chi connectivity index (χ1n) is 5.98. The van der Waals surface area contributed by atoms with Gasteiger partial charge in [0.15, 0.2) is 0 Å².